The summed E-state index contributed by atoms with van der Waals surface area (Å²) in [5.74, 6) is 0.615. The molecule has 0 saturated heterocycles. The van der Waals surface area contributed by atoms with Crippen molar-refractivity contribution < 1.29 is 9.72 Å². The van der Waals surface area contributed by atoms with Gasteiger partial charge in [-0.15, -0.1) is 0 Å². The second-order valence-corrected chi connectivity index (χ2v) is 6.26. The van der Waals surface area contributed by atoms with E-state index in [1.54, 1.807) is 11.5 Å². The molecule has 0 aliphatic rings. The summed E-state index contributed by atoms with van der Waals surface area (Å²) in [4.78, 5) is 26.0. The van der Waals surface area contributed by atoms with E-state index in [0.29, 0.717) is 24.8 Å². The van der Waals surface area contributed by atoms with Crippen LogP contribution in [-0.4, -0.2) is 32.5 Å². The molecule has 1 aromatic rings. The second-order valence-electron chi connectivity index (χ2n) is 6.26. The van der Waals surface area contributed by atoms with Crippen molar-refractivity contribution in [2.24, 2.45) is 11.7 Å². The van der Waals surface area contributed by atoms with E-state index >= 15 is 0 Å². The Hall–Kier alpha value is -1.96. The molecule has 0 saturated carbocycles. The first-order valence-corrected chi connectivity index (χ1v) is 7.36. The van der Waals surface area contributed by atoms with Crippen molar-refractivity contribution >= 4 is 11.7 Å². The van der Waals surface area contributed by atoms with Crippen molar-refractivity contribution in [3.8, 4) is 0 Å². The van der Waals surface area contributed by atoms with Crippen molar-refractivity contribution in [2.75, 3.05) is 6.54 Å². The molecule has 0 bridgehead atoms. The first-order chi connectivity index (χ1) is 10.2. The van der Waals surface area contributed by atoms with Crippen LogP contribution in [-0.2, 0) is 11.3 Å². The van der Waals surface area contributed by atoms with E-state index in [-0.39, 0.29) is 18.1 Å². The minimum atomic E-state index is -0.544. The minimum Gasteiger partial charge on any atom is -0.358 e. The number of amides is 1. The molecule has 1 amide bonds. The van der Waals surface area contributed by atoms with Crippen LogP contribution in [0.4, 0.5) is 5.82 Å². The number of hydrogen-bond acceptors (Lipinski definition) is 5. The van der Waals surface area contributed by atoms with Crippen molar-refractivity contribution in [2.45, 2.75) is 52.6 Å². The van der Waals surface area contributed by atoms with Gasteiger partial charge in [0.15, 0.2) is 0 Å². The van der Waals surface area contributed by atoms with Crippen LogP contribution in [0, 0.1) is 23.0 Å². The Morgan fingerprint density at radius 1 is 1.59 bits per heavy atom. The number of nitrogens with one attached hydrogen (secondary N) is 1. The number of rotatable bonds is 8. The van der Waals surface area contributed by atoms with E-state index in [4.69, 9.17) is 5.73 Å². The maximum absolute atomic E-state index is 12.1. The maximum atomic E-state index is 12.1. The number of aryl methyl sites for hydroxylation is 2. The van der Waals surface area contributed by atoms with Crippen LogP contribution in [0.5, 0.6) is 0 Å². The lowest BCUT2D eigenvalue weighted by Crippen LogP contribution is -2.52. The first-order valence-electron chi connectivity index (χ1n) is 7.36. The Balaban J connectivity index is 2.60. The fourth-order valence-corrected chi connectivity index (χ4v) is 2.51. The average molecular weight is 311 g/mol. The number of aromatic nitrogens is 2. The molecule has 1 unspecified atom stereocenters. The lowest BCUT2D eigenvalue weighted by Gasteiger charge is -2.31. The summed E-state index contributed by atoms with van der Waals surface area (Å²) in [6.45, 7) is 8.47. The van der Waals surface area contributed by atoms with E-state index in [0.717, 1.165) is 6.42 Å². The summed E-state index contributed by atoms with van der Waals surface area (Å²) in [7, 11) is 0. The van der Waals surface area contributed by atoms with Gasteiger partial charge in [0, 0.05) is 32.0 Å². The molecular formula is C14H25N5O3. The van der Waals surface area contributed by atoms with E-state index in [9.17, 15) is 14.9 Å². The van der Waals surface area contributed by atoms with Crippen molar-refractivity contribution in [1.29, 1.82) is 0 Å². The number of carbonyl (C=O) groups is 1. The fraction of sp³-hybridized carbons (Fsp3) is 0.714. The highest BCUT2D eigenvalue weighted by Gasteiger charge is 2.26. The van der Waals surface area contributed by atoms with E-state index in [1.165, 1.54) is 6.20 Å². The topological polar surface area (TPSA) is 116 Å². The first kappa shape index (κ1) is 18.1. The van der Waals surface area contributed by atoms with Crippen molar-refractivity contribution in [3.63, 3.8) is 0 Å². The highest BCUT2D eigenvalue weighted by Crippen LogP contribution is 2.16. The average Bonchev–Trinajstić information content (AvgIpc) is 2.77. The number of hydrogen-bond donors (Lipinski definition) is 2. The molecule has 0 aromatic carbocycles. The highest BCUT2D eigenvalue weighted by molar-refractivity contribution is 5.76. The smallest absolute Gasteiger partial charge is 0.358 e. The summed E-state index contributed by atoms with van der Waals surface area (Å²) >= 11 is 0. The van der Waals surface area contributed by atoms with Gasteiger partial charge in [-0.25, -0.2) is 0 Å². The standard InChI is InChI=1S/C14H25N5O3/c1-10(2)7-14(4,9-15)17-13(20)5-6-18-8-12(19(21)22)16-11(18)3/h8,10H,5-7,9,15H2,1-4H3,(H,17,20). The van der Waals surface area contributed by atoms with Gasteiger partial charge in [-0.05, 0) is 29.2 Å². The second kappa shape index (κ2) is 7.35. The lowest BCUT2D eigenvalue weighted by molar-refractivity contribution is -0.389. The van der Waals surface area contributed by atoms with Gasteiger partial charge in [-0.1, -0.05) is 13.8 Å². The van der Waals surface area contributed by atoms with E-state index < -0.39 is 10.5 Å². The molecule has 8 nitrogen and oxygen atoms in total. The molecule has 8 heteroatoms. The van der Waals surface area contributed by atoms with Gasteiger partial charge in [0.05, 0.1) is 0 Å². The predicted octanol–water partition coefficient (Wildman–Crippen LogP) is 1.37. The largest absolute Gasteiger partial charge is 0.381 e. The maximum Gasteiger partial charge on any atom is 0.381 e. The van der Waals surface area contributed by atoms with E-state index in [1.807, 2.05) is 6.92 Å². The van der Waals surface area contributed by atoms with Gasteiger partial charge in [0.25, 0.3) is 0 Å². The van der Waals surface area contributed by atoms with Gasteiger partial charge in [-0.2, -0.15) is 0 Å². The van der Waals surface area contributed by atoms with Crippen LogP contribution in [0.25, 0.3) is 0 Å². The fourth-order valence-electron chi connectivity index (χ4n) is 2.51. The zero-order valence-electron chi connectivity index (χ0n) is 13.6. The monoisotopic (exact) mass is 311 g/mol. The molecule has 0 aliphatic carbocycles. The van der Waals surface area contributed by atoms with Crippen LogP contribution >= 0.6 is 0 Å². The summed E-state index contributed by atoms with van der Waals surface area (Å²) < 4.78 is 1.61. The zero-order valence-corrected chi connectivity index (χ0v) is 13.6. The SMILES string of the molecule is Cc1nc([N+](=O)[O-])cn1CCC(=O)NC(C)(CN)CC(C)C. The van der Waals surface area contributed by atoms with Crippen LogP contribution in [0.3, 0.4) is 0 Å². The molecule has 1 atom stereocenters. The van der Waals surface area contributed by atoms with Gasteiger partial charge >= 0.3 is 5.82 Å². The predicted molar refractivity (Wildman–Crippen MR) is 83.3 cm³/mol. The lowest BCUT2D eigenvalue weighted by atomic mass is 9.90. The summed E-state index contributed by atoms with van der Waals surface area (Å²) in [6.07, 6.45) is 2.37. The Labute approximate surface area is 130 Å². The molecular weight excluding hydrogens is 286 g/mol. The number of nitrogens with zero attached hydrogens (tertiary/aromatic N) is 3. The number of nitrogens with two attached hydrogens (primary N) is 1. The third-order valence-electron chi connectivity index (χ3n) is 3.48. The Bertz CT molecular complexity index is 541. The van der Waals surface area contributed by atoms with Crippen LogP contribution < -0.4 is 11.1 Å². The number of carbonyl (C=O) groups excluding carboxylic acids is 1. The Kier molecular flexibility index (Phi) is 6.04. The van der Waals surface area contributed by atoms with Crippen LogP contribution in [0.1, 0.15) is 39.4 Å². The van der Waals surface area contributed by atoms with Crippen LogP contribution in [0.15, 0.2) is 6.20 Å². The molecule has 3 N–H and O–H groups in total. The van der Waals surface area contributed by atoms with Crippen molar-refractivity contribution in [1.82, 2.24) is 14.9 Å². The molecule has 1 aromatic heterocycles. The molecule has 1 heterocycles. The molecule has 0 fully saturated rings. The number of imidazole rings is 1. The number of nitro groups is 1. The summed E-state index contributed by atoms with van der Waals surface area (Å²) in [5.41, 5.74) is 5.34. The Morgan fingerprint density at radius 3 is 2.68 bits per heavy atom. The van der Waals surface area contributed by atoms with Crippen LogP contribution in [0.2, 0.25) is 0 Å². The molecule has 0 aliphatic heterocycles. The molecule has 124 valence electrons. The normalized spacial score (nSPS) is 13.9. The third-order valence-corrected chi connectivity index (χ3v) is 3.48. The van der Waals surface area contributed by atoms with Gasteiger partial charge in [0.1, 0.15) is 6.20 Å². The molecule has 0 spiro atoms. The minimum absolute atomic E-state index is 0.121. The van der Waals surface area contributed by atoms with Gasteiger partial charge < -0.3 is 25.7 Å². The van der Waals surface area contributed by atoms with E-state index in [2.05, 4.69) is 24.1 Å². The molecule has 22 heavy (non-hydrogen) atoms. The summed E-state index contributed by atoms with van der Waals surface area (Å²) in [6, 6.07) is 0. The third kappa shape index (κ3) is 5.10. The molecule has 1 rings (SSSR count). The Morgan fingerprint density at radius 2 is 2.23 bits per heavy atom. The summed E-state index contributed by atoms with van der Waals surface area (Å²) in [5, 5.41) is 13.6. The van der Waals surface area contributed by atoms with Gasteiger partial charge in [0.2, 0.25) is 11.7 Å². The molecule has 0 radical (unpaired) electrons. The van der Waals surface area contributed by atoms with Crippen molar-refractivity contribution in [3.05, 3.63) is 22.1 Å². The quantitative estimate of drug-likeness (QED) is 0.555. The highest BCUT2D eigenvalue weighted by atomic mass is 16.6. The van der Waals surface area contributed by atoms with Gasteiger partial charge in [-0.3, -0.25) is 4.79 Å². The zero-order chi connectivity index (χ0) is 16.9.